The second-order valence-electron chi connectivity index (χ2n) is 11.2. The largest absolute Gasteiger partial charge is 0.381 e. The van der Waals surface area contributed by atoms with Crippen LogP contribution in [-0.4, -0.2) is 74.7 Å². The maximum atomic E-state index is 14.2. The molecular weight excluding hydrogens is 524 g/mol. The van der Waals surface area contributed by atoms with Gasteiger partial charge in [0.1, 0.15) is 0 Å². The number of fused-ring (bicyclic) bond motifs is 1. The summed E-state index contributed by atoms with van der Waals surface area (Å²) in [6.45, 7) is 6.78. The average Bonchev–Trinajstić information content (AvgIpc) is 3.37. The maximum Gasteiger partial charge on any atom is 0.244 e. The van der Waals surface area contributed by atoms with E-state index >= 15 is 0 Å². The standard InChI is InChI=1S/C31H40N4O4S/c36-40(37,35-16-20-39-19-12-30(35)26-10-17-38-18-11-26)31-8-7-29(28-22-32-13-9-27(28)31)33-21-24-3-5-25(6-4-24)23-34-14-1-2-15-34/h3-9,13,22,26,30,33H,1-2,10-12,14-21,23H2. The van der Waals surface area contributed by atoms with Crippen molar-refractivity contribution in [2.24, 2.45) is 5.92 Å². The van der Waals surface area contributed by atoms with Crippen molar-refractivity contribution in [3.8, 4) is 0 Å². The molecule has 3 fully saturated rings. The van der Waals surface area contributed by atoms with Crippen LogP contribution in [0.25, 0.3) is 10.8 Å². The molecule has 8 nitrogen and oxygen atoms in total. The average molecular weight is 565 g/mol. The Hall–Kier alpha value is -2.56. The Labute approximate surface area is 237 Å². The lowest BCUT2D eigenvalue weighted by Crippen LogP contribution is -2.46. The van der Waals surface area contributed by atoms with Gasteiger partial charge in [0.15, 0.2) is 0 Å². The van der Waals surface area contributed by atoms with Gasteiger partial charge in [-0.25, -0.2) is 8.42 Å². The Morgan fingerprint density at radius 2 is 1.55 bits per heavy atom. The number of nitrogens with zero attached hydrogens (tertiary/aromatic N) is 3. The Bertz CT molecular complexity index is 1390. The molecule has 0 amide bonds. The molecule has 0 spiro atoms. The molecular formula is C31H40N4O4S. The van der Waals surface area contributed by atoms with E-state index in [9.17, 15) is 8.42 Å². The second-order valence-corrected chi connectivity index (χ2v) is 13.1. The molecule has 3 aromatic rings. The summed E-state index contributed by atoms with van der Waals surface area (Å²) in [5, 5.41) is 5.03. The Balaban J connectivity index is 1.23. The number of likely N-dealkylation sites (tertiary alicyclic amines) is 1. The van der Waals surface area contributed by atoms with E-state index in [-0.39, 0.29) is 12.0 Å². The number of hydrogen-bond donors (Lipinski definition) is 1. The van der Waals surface area contributed by atoms with E-state index in [4.69, 9.17) is 9.47 Å². The Morgan fingerprint density at radius 1 is 0.825 bits per heavy atom. The summed E-state index contributed by atoms with van der Waals surface area (Å²) in [6.07, 6.45) is 8.50. The molecule has 1 atom stereocenters. The van der Waals surface area contributed by atoms with Crippen molar-refractivity contribution in [1.29, 1.82) is 0 Å². The number of nitrogens with one attached hydrogen (secondary N) is 1. The zero-order valence-corrected chi connectivity index (χ0v) is 23.9. The second kappa shape index (κ2) is 12.5. The van der Waals surface area contributed by atoms with E-state index in [1.54, 1.807) is 22.8 Å². The molecule has 9 heteroatoms. The first-order chi connectivity index (χ1) is 19.6. The third-order valence-electron chi connectivity index (χ3n) is 8.67. The predicted molar refractivity (Wildman–Crippen MR) is 157 cm³/mol. The summed E-state index contributed by atoms with van der Waals surface area (Å²) in [7, 11) is -3.76. The van der Waals surface area contributed by atoms with E-state index in [0.29, 0.717) is 56.2 Å². The number of aromatic nitrogens is 1. The number of ether oxygens (including phenoxy) is 2. The molecule has 3 aliphatic heterocycles. The van der Waals surface area contributed by atoms with E-state index in [1.807, 2.05) is 12.1 Å². The minimum absolute atomic E-state index is 0.0838. The molecule has 1 unspecified atom stereocenters. The number of hydrogen-bond acceptors (Lipinski definition) is 7. The fourth-order valence-electron chi connectivity index (χ4n) is 6.47. The van der Waals surface area contributed by atoms with Crippen molar-refractivity contribution >= 4 is 26.5 Å². The molecule has 2 aromatic carbocycles. The van der Waals surface area contributed by atoms with Crippen LogP contribution in [-0.2, 0) is 32.6 Å². The first-order valence-corrected chi connectivity index (χ1v) is 16.1. The third kappa shape index (κ3) is 6.04. The number of pyridine rings is 1. The number of benzene rings is 2. The molecule has 4 heterocycles. The fraction of sp³-hybridized carbons (Fsp3) is 0.516. The highest BCUT2D eigenvalue weighted by Crippen LogP contribution is 2.35. The molecule has 0 radical (unpaired) electrons. The summed E-state index contributed by atoms with van der Waals surface area (Å²) < 4.78 is 41.5. The molecule has 0 bridgehead atoms. The quantitative estimate of drug-likeness (QED) is 0.427. The van der Waals surface area contributed by atoms with E-state index < -0.39 is 10.0 Å². The van der Waals surface area contributed by atoms with Crippen LogP contribution in [0.15, 0.2) is 59.8 Å². The zero-order chi connectivity index (χ0) is 27.4. The normalized spacial score (nSPS) is 21.9. The van der Waals surface area contributed by atoms with Crippen LogP contribution < -0.4 is 5.32 Å². The van der Waals surface area contributed by atoms with E-state index in [0.717, 1.165) is 30.5 Å². The SMILES string of the molecule is O=S(=O)(c1ccc(NCc2ccc(CN3CCCC3)cc2)c2cnccc12)N1CCOCCC1C1CCOCC1. The van der Waals surface area contributed by atoms with Crippen LogP contribution in [0.5, 0.6) is 0 Å². The van der Waals surface area contributed by atoms with Crippen molar-refractivity contribution in [3.63, 3.8) is 0 Å². The smallest absolute Gasteiger partial charge is 0.244 e. The minimum atomic E-state index is -3.76. The van der Waals surface area contributed by atoms with Crippen molar-refractivity contribution in [2.75, 3.05) is 51.4 Å². The summed E-state index contributed by atoms with van der Waals surface area (Å²) in [6, 6.07) is 14.2. The highest BCUT2D eigenvalue weighted by Gasteiger charge is 2.38. The van der Waals surface area contributed by atoms with Gasteiger partial charge in [0, 0.05) is 74.4 Å². The molecule has 3 saturated heterocycles. The van der Waals surface area contributed by atoms with Gasteiger partial charge in [0.2, 0.25) is 10.0 Å². The Kier molecular flexibility index (Phi) is 8.65. The van der Waals surface area contributed by atoms with Crippen molar-refractivity contribution < 1.29 is 17.9 Å². The molecule has 1 aromatic heterocycles. The summed E-state index contributed by atoms with van der Waals surface area (Å²) in [5.41, 5.74) is 3.40. The van der Waals surface area contributed by atoms with Gasteiger partial charge in [-0.2, -0.15) is 4.31 Å². The van der Waals surface area contributed by atoms with Crippen LogP contribution >= 0.6 is 0 Å². The highest BCUT2D eigenvalue weighted by molar-refractivity contribution is 7.89. The van der Waals surface area contributed by atoms with Crippen LogP contribution in [0.1, 0.15) is 43.2 Å². The molecule has 1 N–H and O–H groups in total. The topological polar surface area (TPSA) is 84.0 Å². The van der Waals surface area contributed by atoms with Gasteiger partial charge in [-0.1, -0.05) is 24.3 Å². The van der Waals surface area contributed by atoms with Gasteiger partial charge >= 0.3 is 0 Å². The van der Waals surface area contributed by atoms with E-state index in [1.165, 1.54) is 37.1 Å². The van der Waals surface area contributed by atoms with Gasteiger partial charge in [0.25, 0.3) is 0 Å². The zero-order valence-electron chi connectivity index (χ0n) is 23.1. The van der Waals surface area contributed by atoms with Crippen molar-refractivity contribution in [1.82, 2.24) is 14.2 Å². The number of sulfonamides is 1. The van der Waals surface area contributed by atoms with Gasteiger partial charge < -0.3 is 14.8 Å². The lowest BCUT2D eigenvalue weighted by atomic mass is 9.90. The summed E-state index contributed by atoms with van der Waals surface area (Å²) in [4.78, 5) is 7.18. The summed E-state index contributed by atoms with van der Waals surface area (Å²) in [5.74, 6) is 0.279. The third-order valence-corrected chi connectivity index (χ3v) is 10.7. The molecule has 3 aliphatic rings. The van der Waals surface area contributed by atoms with Crippen molar-refractivity contribution in [3.05, 3.63) is 66.0 Å². The van der Waals surface area contributed by atoms with Gasteiger partial charge in [-0.05, 0) is 80.4 Å². The maximum absolute atomic E-state index is 14.2. The van der Waals surface area contributed by atoms with Crippen LogP contribution in [0.4, 0.5) is 5.69 Å². The number of rotatable bonds is 8. The van der Waals surface area contributed by atoms with Crippen molar-refractivity contribution in [2.45, 2.75) is 56.1 Å². The predicted octanol–water partition coefficient (Wildman–Crippen LogP) is 4.65. The van der Waals surface area contributed by atoms with Crippen LogP contribution in [0.3, 0.4) is 0 Å². The van der Waals surface area contributed by atoms with Gasteiger partial charge in [-0.15, -0.1) is 0 Å². The van der Waals surface area contributed by atoms with E-state index in [2.05, 4.69) is 39.5 Å². The van der Waals surface area contributed by atoms with Gasteiger partial charge in [0.05, 0.1) is 11.5 Å². The molecule has 214 valence electrons. The number of anilines is 1. The molecule has 40 heavy (non-hydrogen) atoms. The lowest BCUT2D eigenvalue weighted by molar-refractivity contribution is 0.0418. The lowest BCUT2D eigenvalue weighted by Gasteiger charge is -2.36. The highest BCUT2D eigenvalue weighted by atomic mass is 32.2. The van der Waals surface area contributed by atoms with Crippen LogP contribution in [0, 0.1) is 5.92 Å². The monoisotopic (exact) mass is 564 g/mol. The molecule has 0 saturated carbocycles. The first kappa shape index (κ1) is 27.6. The molecule has 6 rings (SSSR count). The fourth-order valence-corrected chi connectivity index (χ4v) is 8.36. The van der Waals surface area contributed by atoms with Crippen LogP contribution in [0.2, 0.25) is 0 Å². The minimum Gasteiger partial charge on any atom is -0.381 e. The Morgan fingerprint density at radius 3 is 2.35 bits per heavy atom. The summed E-state index contributed by atoms with van der Waals surface area (Å²) >= 11 is 0. The first-order valence-electron chi connectivity index (χ1n) is 14.7. The molecule has 0 aliphatic carbocycles. The van der Waals surface area contributed by atoms with Gasteiger partial charge in [-0.3, -0.25) is 9.88 Å².